The molecule has 2 aromatic rings. The van der Waals surface area contributed by atoms with Crippen molar-refractivity contribution in [1.82, 2.24) is 0 Å². The number of rotatable bonds is 1. The number of amidine groups is 1. The molecule has 0 unspecified atom stereocenters. The number of nitrogens with two attached hydrogens (primary N) is 1. The van der Waals surface area contributed by atoms with Crippen molar-refractivity contribution in [3.63, 3.8) is 0 Å². The summed E-state index contributed by atoms with van der Waals surface area (Å²) in [5.74, 6) is 0. The van der Waals surface area contributed by atoms with Gasteiger partial charge in [0.15, 0.2) is 5.17 Å². The zero-order valence-corrected chi connectivity index (χ0v) is 10.0. The topological polar surface area (TPSA) is 38.4 Å². The van der Waals surface area contributed by atoms with Gasteiger partial charge in [0.2, 0.25) is 0 Å². The lowest BCUT2D eigenvalue weighted by Gasteiger charge is -2.22. The molecule has 1 aliphatic heterocycles. The van der Waals surface area contributed by atoms with E-state index < -0.39 is 0 Å². The zero-order chi connectivity index (χ0) is 11.7. The summed E-state index contributed by atoms with van der Waals surface area (Å²) in [5.41, 5.74) is 9.37. The van der Waals surface area contributed by atoms with Crippen molar-refractivity contribution < 1.29 is 0 Å². The van der Waals surface area contributed by atoms with Crippen molar-refractivity contribution in [1.29, 1.82) is 0 Å². The van der Waals surface area contributed by atoms with Gasteiger partial charge in [-0.1, -0.05) is 60.3 Å². The molecule has 0 saturated carbocycles. The predicted molar refractivity (Wildman–Crippen MR) is 73.6 cm³/mol. The lowest BCUT2D eigenvalue weighted by Crippen LogP contribution is -2.14. The average Bonchev–Trinajstić information content (AvgIpc) is 2.39. The molecule has 0 bridgehead atoms. The quantitative estimate of drug-likeness (QED) is 0.829. The molecular weight excluding hydrogens is 228 g/mol. The van der Waals surface area contributed by atoms with Gasteiger partial charge in [0.1, 0.15) is 0 Å². The van der Waals surface area contributed by atoms with Gasteiger partial charge >= 0.3 is 0 Å². The smallest absolute Gasteiger partial charge is 0.160 e. The van der Waals surface area contributed by atoms with Crippen molar-refractivity contribution >= 4 is 22.6 Å². The van der Waals surface area contributed by atoms with E-state index in [-0.39, 0.29) is 5.25 Å². The molecule has 0 radical (unpaired) electrons. The second-order valence-corrected chi connectivity index (χ2v) is 5.04. The van der Waals surface area contributed by atoms with Crippen LogP contribution in [0.1, 0.15) is 16.4 Å². The van der Waals surface area contributed by atoms with Crippen molar-refractivity contribution in [3.05, 3.63) is 65.7 Å². The van der Waals surface area contributed by atoms with E-state index in [1.807, 2.05) is 24.3 Å². The number of hydrogen-bond donors (Lipinski definition) is 1. The lowest BCUT2D eigenvalue weighted by atomic mass is 10.0. The highest BCUT2D eigenvalue weighted by Crippen LogP contribution is 2.43. The Bertz CT molecular complexity index is 563. The first-order chi connectivity index (χ1) is 8.34. The highest BCUT2D eigenvalue weighted by atomic mass is 32.2. The van der Waals surface area contributed by atoms with Gasteiger partial charge in [-0.25, -0.2) is 4.99 Å². The monoisotopic (exact) mass is 240 g/mol. The Hall–Kier alpha value is -1.74. The number of hydrogen-bond acceptors (Lipinski definition) is 3. The summed E-state index contributed by atoms with van der Waals surface area (Å²) >= 11 is 1.61. The molecule has 3 heteroatoms. The Morgan fingerprint density at radius 1 is 0.941 bits per heavy atom. The fourth-order valence-electron chi connectivity index (χ4n) is 2.02. The molecular formula is C14H12N2S. The summed E-state index contributed by atoms with van der Waals surface area (Å²) in [7, 11) is 0. The Kier molecular flexibility index (Phi) is 2.61. The summed E-state index contributed by atoms with van der Waals surface area (Å²) in [6.45, 7) is 0. The molecule has 84 valence electrons. The van der Waals surface area contributed by atoms with Gasteiger partial charge in [0.05, 0.1) is 10.9 Å². The van der Waals surface area contributed by atoms with Crippen LogP contribution in [0.25, 0.3) is 0 Å². The van der Waals surface area contributed by atoms with E-state index in [1.165, 1.54) is 11.1 Å². The van der Waals surface area contributed by atoms with Crippen molar-refractivity contribution in [2.24, 2.45) is 10.7 Å². The molecule has 1 heterocycles. The highest BCUT2D eigenvalue weighted by molar-refractivity contribution is 8.14. The summed E-state index contributed by atoms with van der Waals surface area (Å²) < 4.78 is 0. The van der Waals surface area contributed by atoms with Crippen LogP contribution < -0.4 is 5.73 Å². The molecule has 2 N–H and O–H groups in total. The maximum absolute atomic E-state index is 5.89. The molecule has 0 aromatic heterocycles. The maximum atomic E-state index is 5.89. The minimum Gasteiger partial charge on any atom is -0.378 e. The standard InChI is InChI=1S/C14H12N2S/c15-14-16-12-9-5-4-8-11(12)13(17-14)10-6-2-1-3-7-10/h1-9,13H,(H2,15,16)/t13-/m0/s1. The van der Waals surface area contributed by atoms with Gasteiger partial charge in [0, 0.05) is 0 Å². The highest BCUT2D eigenvalue weighted by Gasteiger charge is 2.23. The fourth-order valence-corrected chi connectivity index (χ4v) is 3.03. The van der Waals surface area contributed by atoms with Gasteiger partial charge in [0.25, 0.3) is 0 Å². The van der Waals surface area contributed by atoms with Crippen LogP contribution in [0, 0.1) is 0 Å². The Labute approximate surface area is 105 Å². The van der Waals surface area contributed by atoms with Crippen LogP contribution in [0.3, 0.4) is 0 Å². The van der Waals surface area contributed by atoms with Crippen LogP contribution in [0.5, 0.6) is 0 Å². The summed E-state index contributed by atoms with van der Waals surface area (Å²) in [6, 6.07) is 18.6. The fraction of sp³-hybridized carbons (Fsp3) is 0.0714. The summed E-state index contributed by atoms with van der Waals surface area (Å²) in [5, 5.41) is 0.891. The molecule has 17 heavy (non-hydrogen) atoms. The number of fused-ring (bicyclic) bond motifs is 1. The van der Waals surface area contributed by atoms with Crippen molar-refractivity contribution in [2.45, 2.75) is 5.25 Å². The predicted octanol–water partition coefficient (Wildman–Crippen LogP) is 3.47. The van der Waals surface area contributed by atoms with E-state index in [1.54, 1.807) is 11.8 Å². The van der Waals surface area contributed by atoms with Crippen LogP contribution in [0.4, 0.5) is 5.69 Å². The third-order valence-corrected chi connectivity index (χ3v) is 3.89. The number of benzene rings is 2. The van der Waals surface area contributed by atoms with Crippen LogP contribution in [-0.2, 0) is 0 Å². The van der Waals surface area contributed by atoms with Crippen molar-refractivity contribution in [2.75, 3.05) is 0 Å². The minimum absolute atomic E-state index is 0.255. The molecule has 1 atom stereocenters. The Balaban J connectivity index is 2.11. The Morgan fingerprint density at radius 3 is 2.47 bits per heavy atom. The number of para-hydroxylation sites is 1. The van der Waals surface area contributed by atoms with Gasteiger partial charge in [-0.3, -0.25) is 0 Å². The number of nitrogens with zero attached hydrogens (tertiary/aromatic N) is 1. The van der Waals surface area contributed by atoms with Gasteiger partial charge < -0.3 is 5.73 Å². The van der Waals surface area contributed by atoms with Crippen molar-refractivity contribution in [3.8, 4) is 0 Å². The Morgan fingerprint density at radius 2 is 1.65 bits per heavy atom. The molecule has 0 spiro atoms. The molecule has 1 aliphatic rings. The van der Waals surface area contributed by atoms with Crippen LogP contribution in [0.15, 0.2) is 59.6 Å². The molecule has 0 fully saturated rings. The molecule has 0 amide bonds. The SMILES string of the molecule is NC1=Nc2ccccc2[C@H](c2ccccc2)S1. The summed E-state index contributed by atoms with van der Waals surface area (Å²) in [6.07, 6.45) is 0. The van der Waals surface area contributed by atoms with E-state index in [2.05, 4.69) is 35.3 Å². The molecule has 3 rings (SSSR count). The normalized spacial score (nSPS) is 18.4. The first-order valence-corrected chi connectivity index (χ1v) is 6.37. The van der Waals surface area contributed by atoms with Gasteiger partial charge in [-0.2, -0.15) is 0 Å². The van der Waals surface area contributed by atoms with E-state index in [9.17, 15) is 0 Å². The maximum Gasteiger partial charge on any atom is 0.160 e. The van der Waals surface area contributed by atoms with E-state index in [0.717, 1.165) is 5.69 Å². The third kappa shape index (κ3) is 1.94. The van der Waals surface area contributed by atoms with Crippen LogP contribution >= 0.6 is 11.8 Å². The lowest BCUT2D eigenvalue weighted by molar-refractivity contribution is 1.14. The zero-order valence-electron chi connectivity index (χ0n) is 9.21. The second kappa shape index (κ2) is 4.26. The first-order valence-electron chi connectivity index (χ1n) is 5.49. The summed E-state index contributed by atoms with van der Waals surface area (Å²) in [4.78, 5) is 4.38. The van der Waals surface area contributed by atoms with Gasteiger partial charge in [-0.05, 0) is 17.2 Å². The molecule has 2 aromatic carbocycles. The van der Waals surface area contributed by atoms with E-state index in [4.69, 9.17) is 5.73 Å². The second-order valence-electron chi connectivity index (χ2n) is 3.92. The minimum atomic E-state index is 0.255. The molecule has 0 saturated heterocycles. The van der Waals surface area contributed by atoms with E-state index >= 15 is 0 Å². The average molecular weight is 240 g/mol. The number of aliphatic imine (C=N–C) groups is 1. The van der Waals surface area contributed by atoms with Gasteiger partial charge in [-0.15, -0.1) is 0 Å². The van der Waals surface area contributed by atoms with E-state index in [0.29, 0.717) is 5.17 Å². The third-order valence-electron chi connectivity index (χ3n) is 2.79. The van der Waals surface area contributed by atoms with Crippen LogP contribution in [-0.4, -0.2) is 5.17 Å². The molecule has 2 nitrogen and oxygen atoms in total. The largest absolute Gasteiger partial charge is 0.378 e. The van der Waals surface area contributed by atoms with Crippen LogP contribution in [0.2, 0.25) is 0 Å². The molecule has 0 aliphatic carbocycles. The number of thioether (sulfide) groups is 1. The first kappa shape index (κ1) is 10.4.